The molecule has 0 amide bonds. The van der Waals surface area contributed by atoms with Gasteiger partial charge in [0.1, 0.15) is 0 Å². The number of nitrogens with zero attached hydrogens (tertiary/aromatic N) is 6. The van der Waals surface area contributed by atoms with Gasteiger partial charge in [0.25, 0.3) is 0 Å². The summed E-state index contributed by atoms with van der Waals surface area (Å²) < 4.78 is 7.28. The maximum Gasteiger partial charge on any atom is 0.164 e. The highest BCUT2D eigenvalue weighted by Gasteiger charge is 2.21. The highest BCUT2D eigenvalue weighted by molar-refractivity contribution is 6.14. The first kappa shape index (κ1) is 42.5. The van der Waals surface area contributed by atoms with Crippen LogP contribution in [-0.4, -0.2) is 28.7 Å². The van der Waals surface area contributed by atoms with Gasteiger partial charge in [0.15, 0.2) is 17.5 Å². The number of para-hydroxylation sites is 5. The largest absolute Gasteiger partial charge is 0.309 e. The van der Waals surface area contributed by atoms with Gasteiger partial charge in [-0.25, -0.2) is 15.0 Å². The van der Waals surface area contributed by atoms with Crippen molar-refractivity contribution in [2.24, 2.45) is 0 Å². The summed E-state index contributed by atoms with van der Waals surface area (Å²) in [4.78, 5) is 15.0. The molecule has 4 aromatic heterocycles. The van der Waals surface area contributed by atoms with E-state index < -0.39 is 0 Å². The molecule has 75 heavy (non-hydrogen) atoms. The lowest BCUT2D eigenvalue weighted by molar-refractivity contribution is 1.07. The number of aromatic nitrogens is 6. The van der Waals surface area contributed by atoms with Gasteiger partial charge in [0.2, 0.25) is 0 Å². The molecule has 0 atom stereocenters. The molecule has 350 valence electrons. The van der Waals surface area contributed by atoms with Crippen molar-refractivity contribution < 1.29 is 0 Å². The first-order valence-corrected chi connectivity index (χ1v) is 25.4. The van der Waals surface area contributed by atoms with Crippen LogP contribution < -0.4 is 0 Å². The van der Waals surface area contributed by atoms with E-state index in [2.05, 4.69) is 220 Å². The summed E-state index contributed by atoms with van der Waals surface area (Å²) in [6.45, 7) is 0. The van der Waals surface area contributed by atoms with Crippen LogP contribution in [0.5, 0.6) is 0 Å². The van der Waals surface area contributed by atoms with Gasteiger partial charge in [-0.1, -0.05) is 194 Å². The van der Waals surface area contributed by atoms with Crippen molar-refractivity contribution in [1.82, 2.24) is 28.7 Å². The molecular formula is C69H44N6. The van der Waals surface area contributed by atoms with Crippen LogP contribution in [0.25, 0.3) is 139 Å². The van der Waals surface area contributed by atoms with Crippen LogP contribution in [0.15, 0.2) is 267 Å². The van der Waals surface area contributed by atoms with Gasteiger partial charge < -0.3 is 13.7 Å². The maximum absolute atomic E-state index is 5.03. The molecule has 0 aliphatic rings. The van der Waals surface area contributed by atoms with Gasteiger partial charge in [-0.15, -0.1) is 0 Å². The zero-order chi connectivity index (χ0) is 49.4. The Balaban J connectivity index is 0.920. The van der Waals surface area contributed by atoms with Crippen molar-refractivity contribution in [1.29, 1.82) is 0 Å². The molecule has 0 N–H and O–H groups in total. The van der Waals surface area contributed by atoms with E-state index in [9.17, 15) is 0 Å². The van der Waals surface area contributed by atoms with Gasteiger partial charge in [-0.3, -0.25) is 0 Å². The summed E-state index contributed by atoms with van der Waals surface area (Å²) >= 11 is 0. The van der Waals surface area contributed by atoms with Crippen LogP contribution >= 0.6 is 0 Å². The maximum atomic E-state index is 5.03. The predicted molar refractivity (Wildman–Crippen MR) is 310 cm³/mol. The Labute approximate surface area is 432 Å². The number of benzene rings is 11. The molecule has 0 spiro atoms. The second kappa shape index (κ2) is 17.3. The smallest absolute Gasteiger partial charge is 0.164 e. The predicted octanol–water partition coefficient (Wildman–Crippen LogP) is 17.5. The average Bonchev–Trinajstić information content (AvgIpc) is 4.14. The number of hydrogen-bond donors (Lipinski definition) is 0. The third-order valence-corrected chi connectivity index (χ3v) is 14.9. The van der Waals surface area contributed by atoms with Crippen LogP contribution in [0, 0.1) is 0 Å². The van der Waals surface area contributed by atoms with E-state index in [1.165, 1.54) is 43.4 Å². The minimum Gasteiger partial charge on any atom is -0.309 e. The lowest BCUT2D eigenvalue weighted by Crippen LogP contribution is -2.00. The normalized spacial score (nSPS) is 11.7. The zero-order valence-electron chi connectivity index (χ0n) is 40.6. The van der Waals surface area contributed by atoms with Crippen molar-refractivity contribution in [3.63, 3.8) is 0 Å². The molecule has 11 aromatic carbocycles. The summed E-state index contributed by atoms with van der Waals surface area (Å²) in [7, 11) is 0. The van der Waals surface area contributed by atoms with Crippen LogP contribution in [0.1, 0.15) is 0 Å². The number of fused-ring (bicyclic) bond motifs is 9. The monoisotopic (exact) mass is 956 g/mol. The molecule has 6 heteroatoms. The van der Waals surface area contributed by atoms with E-state index in [0.29, 0.717) is 17.5 Å². The first-order valence-electron chi connectivity index (χ1n) is 25.4. The number of rotatable bonds is 8. The molecule has 0 bridgehead atoms. The topological polar surface area (TPSA) is 53.5 Å². The third-order valence-electron chi connectivity index (χ3n) is 14.9. The standard InChI is InChI=1S/C69H44N6/c1-4-18-46(19-5-1)67-70-68(47-20-6-2-7-21-47)72-69(71-67)48-34-32-45(33-35-48)49-37-40-64(75-62-30-16-12-26-55(62)56-27-13-17-31-63(56)75)58(42-49)50-36-39-57-59-44-52(38-41-65(59)73(66(57)43-50)51-22-8-3-9-23-51)74-60-28-14-10-24-53(60)54-25-11-15-29-61(54)74/h1-44H. The minimum atomic E-state index is 0.626. The Morgan fingerprint density at radius 3 is 1.16 bits per heavy atom. The fraction of sp³-hybridized carbons (Fsp3) is 0. The van der Waals surface area contributed by atoms with Gasteiger partial charge in [0.05, 0.1) is 38.8 Å². The van der Waals surface area contributed by atoms with Crippen molar-refractivity contribution in [2.45, 2.75) is 0 Å². The van der Waals surface area contributed by atoms with Gasteiger partial charge in [-0.05, 0) is 89.5 Å². The van der Waals surface area contributed by atoms with E-state index in [0.717, 1.165) is 78.1 Å². The highest BCUT2D eigenvalue weighted by Crippen LogP contribution is 2.42. The average molecular weight is 957 g/mol. The van der Waals surface area contributed by atoms with Gasteiger partial charge in [0, 0.05) is 65.9 Å². The quantitative estimate of drug-likeness (QED) is 0.152. The molecular weight excluding hydrogens is 913 g/mol. The molecule has 0 saturated heterocycles. The minimum absolute atomic E-state index is 0.626. The second-order valence-corrected chi connectivity index (χ2v) is 19.2. The molecule has 15 aromatic rings. The third kappa shape index (κ3) is 6.99. The van der Waals surface area contributed by atoms with Gasteiger partial charge >= 0.3 is 0 Å². The van der Waals surface area contributed by atoms with Crippen LogP contribution in [0.3, 0.4) is 0 Å². The van der Waals surface area contributed by atoms with E-state index in [-0.39, 0.29) is 0 Å². The Morgan fingerprint density at radius 1 is 0.213 bits per heavy atom. The molecule has 0 saturated carbocycles. The summed E-state index contributed by atoms with van der Waals surface area (Å²) in [5.41, 5.74) is 17.6. The molecule has 0 unspecified atom stereocenters. The Morgan fingerprint density at radius 2 is 0.613 bits per heavy atom. The van der Waals surface area contributed by atoms with E-state index in [1.807, 2.05) is 60.7 Å². The molecule has 6 nitrogen and oxygen atoms in total. The molecule has 4 heterocycles. The van der Waals surface area contributed by atoms with Crippen LogP contribution in [0.4, 0.5) is 0 Å². The lowest BCUT2D eigenvalue weighted by atomic mass is 9.95. The first-order chi connectivity index (χ1) is 37.2. The summed E-state index contributed by atoms with van der Waals surface area (Å²) in [6, 6.07) is 95.6. The SMILES string of the molecule is c1ccc(-c2nc(-c3ccccc3)nc(-c3ccc(-c4ccc(-n5c6ccccc6c6ccccc65)c(-c5ccc6c7cc(-n8c9ccccc9c9ccccc98)ccc7n(-c7ccccc7)c6c5)c4)cc3)n2)cc1. The lowest BCUT2D eigenvalue weighted by Gasteiger charge is -2.17. The van der Waals surface area contributed by atoms with Crippen LogP contribution in [0.2, 0.25) is 0 Å². The van der Waals surface area contributed by atoms with E-state index in [4.69, 9.17) is 15.0 Å². The van der Waals surface area contributed by atoms with Crippen molar-refractivity contribution in [3.8, 4) is 73.5 Å². The molecule has 0 radical (unpaired) electrons. The Bertz CT molecular complexity index is 4520. The fourth-order valence-corrected chi connectivity index (χ4v) is 11.4. The Kier molecular flexibility index (Phi) is 9.78. The van der Waals surface area contributed by atoms with Crippen molar-refractivity contribution >= 4 is 65.4 Å². The Hall–Kier alpha value is -10.2. The van der Waals surface area contributed by atoms with E-state index in [1.54, 1.807) is 0 Å². The highest BCUT2D eigenvalue weighted by atomic mass is 15.0. The molecule has 0 aliphatic heterocycles. The van der Waals surface area contributed by atoms with Gasteiger partial charge in [-0.2, -0.15) is 0 Å². The summed E-state index contributed by atoms with van der Waals surface area (Å²) in [5, 5.41) is 7.33. The fourth-order valence-electron chi connectivity index (χ4n) is 11.4. The molecule has 0 fully saturated rings. The van der Waals surface area contributed by atoms with E-state index >= 15 is 0 Å². The molecule has 15 rings (SSSR count). The summed E-state index contributed by atoms with van der Waals surface area (Å²) in [6.07, 6.45) is 0. The van der Waals surface area contributed by atoms with Crippen molar-refractivity contribution in [3.05, 3.63) is 267 Å². The molecule has 0 aliphatic carbocycles. The summed E-state index contributed by atoms with van der Waals surface area (Å²) in [5.74, 6) is 1.90. The number of hydrogen-bond acceptors (Lipinski definition) is 3. The van der Waals surface area contributed by atoms with Crippen molar-refractivity contribution in [2.75, 3.05) is 0 Å². The zero-order valence-corrected chi connectivity index (χ0v) is 40.6. The van der Waals surface area contributed by atoms with Crippen LogP contribution in [-0.2, 0) is 0 Å². The second-order valence-electron chi connectivity index (χ2n) is 19.2.